The zero-order valence-corrected chi connectivity index (χ0v) is 23.3. The zero-order valence-electron chi connectivity index (χ0n) is 22.5. The summed E-state index contributed by atoms with van der Waals surface area (Å²) in [4.78, 5) is 12.8. The molecule has 43 heavy (non-hydrogen) atoms. The second-order valence-corrected chi connectivity index (χ2v) is 10.5. The van der Waals surface area contributed by atoms with Crippen LogP contribution in [0.4, 0.5) is 27.9 Å². The van der Waals surface area contributed by atoms with E-state index in [-0.39, 0.29) is 36.4 Å². The van der Waals surface area contributed by atoms with Gasteiger partial charge in [-0.2, -0.15) is 4.39 Å². The van der Waals surface area contributed by atoms with Gasteiger partial charge in [-0.1, -0.05) is 6.07 Å². The van der Waals surface area contributed by atoms with Crippen molar-refractivity contribution in [3.05, 3.63) is 94.8 Å². The first-order chi connectivity index (χ1) is 20.6. The number of pyridine rings is 1. The molecule has 0 bridgehead atoms. The normalized spacial score (nSPS) is 18.2. The second kappa shape index (κ2) is 13.1. The van der Waals surface area contributed by atoms with Crippen LogP contribution in [-0.2, 0) is 11.3 Å². The Morgan fingerprint density at radius 1 is 1.05 bits per heavy atom. The maximum absolute atomic E-state index is 15.6. The molecule has 0 saturated carbocycles. The van der Waals surface area contributed by atoms with Crippen molar-refractivity contribution in [2.75, 3.05) is 18.4 Å². The van der Waals surface area contributed by atoms with E-state index in [2.05, 4.69) is 25.6 Å². The third-order valence-electron chi connectivity index (χ3n) is 6.73. The molecular formula is C28H25F5N6O3S. The van der Waals surface area contributed by atoms with Gasteiger partial charge in [0, 0.05) is 49.1 Å². The molecule has 1 aliphatic heterocycles. The van der Waals surface area contributed by atoms with Crippen LogP contribution in [0.25, 0.3) is 11.3 Å². The zero-order chi connectivity index (χ0) is 30.7. The van der Waals surface area contributed by atoms with Gasteiger partial charge in [-0.25, -0.2) is 41.4 Å². The van der Waals surface area contributed by atoms with E-state index in [0.717, 1.165) is 24.3 Å². The number of anilines is 1. The van der Waals surface area contributed by atoms with Crippen LogP contribution in [0, 0.1) is 30.2 Å². The molecule has 2 aromatic carbocycles. The average Bonchev–Trinajstić information content (AvgIpc) is 2.97. The number of halogens is 5. The number of rotatable bonds is 9. The van der Waals surface area contributed by atoms with Crippen LogP contribution >= 0.6 is 0 Å². The maximum Gasteiger partial charge on any atom is 0.232 e. The lowest BCUT2D eigenvalue weighted by Gasteiger charge is -2.26. The molecule has 2 aromatic heterocycles. The highest BCUT2D eigenvalue weighted by atomic mass is 32.2. The first-order valence-electron chi connectivity index (χ1n) is 13.0. The number of nitrogens with zero attached hydrogens (tertiary/aromatic N) is 3. The Morgan fingerprint density at radius 2 is 1.81 bits per heavy atom. The molecule has 4 atom stereocenters. The number of benzene rings is 2. The number of hydrogen-bond donors (Lipinski definition) is 4. The summed E-state index contributed by atoms with van der Waals surface area (Å²) < 4.78 is 103. The lowest BCUT2D eigenvalue weighted by molar-refractivity contribution is 0.254. The van der Waals surface area contributed by atoms with Crippen molar-refractivity contribution in [2.24, 2.45) is 0 Å². The van der Waals surface area contributed by atoms with Gasteiger partial charge in [0.1, 0.15) is 17.8 Å². The third-order valence-corrected chi connectivity index (χ3v) is 7.16. The van der Waals surface area contributed by atoms with Gasteiger partial charge in [-0.05, 0) is 48.9 Å². The Bertz CT molecular complexity index is 1650. The Kier molecular flexibility index (Phi) is 9.25. The Balaban J connectivity index is 1.48. The predicted molar refractivity (Wildman–Crippen MR) is 148 cm³/mol. The van der Waals surface area contributed by atoms with E-state index < -0.39 is 63.6 Å². The smallest absolute Gasteiger partial charge is 0.232 e. The molecule has 226 valence electrons. The van der Waals surface area contributed by atoms with E-state index in [1.54, 1.807) is 18.2 Å². The molecule has 0 radical (unpaired) electrons. The minimum absolute atomic E-state index is 0.00612. The van der Waals surface area contributed by atoms with Crippen molar-refractivity contribution in [1.82, 2.24) is 25.0 Å². The summed E-state index contributed by atoms with van der Waals surface area (Å²) in [6, 6.07) is 6.48. The molecule has 9 nitrogen and oxygen atoms in total. The Hall–Kier alpha value is -4.05. The molecule has 1 saturated heterocycles. The molecular weight excluding hydrogens is 595 g/mol. The molecule has 2 unspecified atom stereocenters. The van der Waals surface area contributed by atoms with Crippen LogP contribution < -0.4 is 20.1 Å². The minimum Gasteiger partial charge on any atom is -0.435 e. The predicted octanol–water partition coefficient (Wildman–Crippen LogP) is 5.12. The number of alkyl halides is 1. The SMILES string of the molecule is Cc1cc(C(NS(=O)O)c2c(F)cccc2F)c(F)c(F)c1Oc1ncccc1-c1ccnc(N[C@@H]2CNC[C@@H](F)C2)n1. The lowest BCUT2D eigenvalue weighted by Crippen LogP contribution is -2.44. The van der Waals surface area contributed by atoms with E-state index in [9.17, 15) is 21.9 Å². The van der Waals surface area contributed by atoms with Crippen LogP contribution in [-0.4, -0.2) is 49.0 Å². The van der Waals surface area contributed by atoms with Crippen LogP contribution in [0.1, 0.15) is 29.2 Å². The fourth-order valence-electron chi connectivity index (χ4n) is 4.79. The van der Waals surface area contributed by atoms with Crippen molar-refractivity contribution < 1.29 is 35.5 Å². The van der Waals surface area contributed by atoms with Gasteiger partial charge < -0.3 is 15.4 Å². The highest BCUT2D eigenvalue weighted by molar-refractivity contribution is 7.77. The van der Waals surface area contributed by atoms with Gasteiger partial charge in [0.05, 0.1) is 17.3 Å². The fourth-order valence-corrected chi connectivity index (χ4v) is 5.23. The number of nitrogens with one attached hydrogen (secondary N) is 3. The van der Waals surface area contributed by atoms with Crippen molar-refractivity contribution in [2.45, 2.75) is 31.6 Å². The third kappa shape index (κ3) is 6.80. The molecule has 15 heteroatoms. The molecule has 0 spiro atoms. The van der Waals surface area contributed by atoms with E-state index in [0.29, 0.717) is 17.8 Å². The summed E-state index contributed by atoms with van der Waals surface area (Å²) in [5.41, 5.74) is -0.795. The number of aryl methyl sites for hydroxylation is 1. The largest absolute Gasteiger partial charge is 0.435 e. The van der Waals surface area contributed by atoms with Crippen molar-refractivity contribution in [1.29, 1.82) is 0 Å². The maximum atomic E-state index is 15.6. The lowest BCUT2D eigenvalue weighted by atomic mass is 9.96. The van der Waals surface area contributed by atoms with Gasteiger partial charge in [0.25, 0.3) is 0 Å². The average molecular weight is 621 g/mol. The van der Waals surface area contributed by atoms with Crippen LogP contribution in [0.2, 0.25) is 0 Å². The standard InChI is InChI=1S/C28H25F5N6O3S/c1-14-10-18(25(39-43(40)41)22-19(30)5-2-6-20(22)31)23(32)24(33)26(14)42-27-17(4-3-8-35-27)21-7-9-36-28(38-21)37-16-11-15(29)12-34-13-16/h2-10,15-16,25,34,39H,11-13H2,1H3,(H,40,41)(H,36,37,38)/t15-,16-,25?/m0/s1. The van der Waals surface area contributed by atoms with Gasteiger partial charge in [-0.15, -0.1) is 0 Å². The van der Waals surface area contributed by atoms with E-state index >= 15 is 8.78 Å². The highest BCUT2D eigenvalue weighted by Gasteiger charge is 2.30. The van der Waals surface area contributed by atoms with E-state index in [4.69, 9.17) is 4.74 Å². The molecule has 1 aliphatic rings. The molecule has 0 amide bonds. The fraction of sp³-hybridized carbons (Fsp3) is 0.250. The summed E-state index contributed by atoms with van der Waals surface area (Å²) in [5.74, 6) is -5.86. The topological polar surface area (TPSA) is 121 Å². The van der Waals surface area contributed by atoms with Crippen LogP contribution in [0.5, 0.6) is 11.6 Å². The van der Waals surface area contributed by atoms with Crippen LogP contribution in [0.3, 0.4) is 0 Å². The summed E-state index contributed by atoms with van der Waals surface area (Å²) in [5, 5.41) is 6.05. The molecule has 1 fully saturated rings. The molecule has 4 aromatic rings. The number of aromatic nitrogens is 3. The first kappa shape index (κ1) is 30.4. The number of ether oxygens (including phenoxy) is 1. The summed E-state index contributed by atoms with van der Waals surface area (Å²) in [6.07, 6.45) is 2.09. The van der Waals surface area contributed by atoms with Gasteiger partial charge in [0.2, 0.25) is 28.9 Å². The Morgan fingerprint density at radius 3 is 2.53 bits per heavy atom. The van der Waals surface area contributed by atoms with Gasteiger partial charge in [0.15, 0.2) is 11.6 Å². The molecule has 4 N–H and O–H groups in total. The molecule has 0 aliphatic carbocycles. The van der Waals surface area contributed by atoms with Crippen molar-refractivity contribution in [3.8, 4) is 22.9 Å². The number of hydrogen-bond acceptors (Lipinski definition) is 7. The second-order valence-electron chi connectivity index (χ2n) is 9.73. The first-order valence-corrected chi connectivity index (χ1v) is 14.1. The summed E-state index contributed by atoms with van der Waals surface area (Å²) in [6.45, 7) is 2.15. The molecule has 3 heterocycles. The highest BCUT2D eigenvalue weighted by Crippen LogP contribution is 2.38. The van der Waals surface area contributed by atoms with Crippen molar-refractivity contribution >= 4 is 17.2 Å². The van der Waals surface area contributed by atoms with E-state index in [1.807, 2.05) is 4.72 Å². The van der Waals surface area contributed by atoms with Crippen molar-refractivity contribution in [3.63, 3.8) is 0 Å². The summed E-state index contributed by atoms with van der Waals surface area (Å²) in [7, 11) is 0. The Labute approximate surface area is 245 Å². The minimum atomic E-state index is -2.86. The molecule has 5 rings (SSSR count). The van der Waals surface area contributed by atoms with E-state index in [1.165, 1.54) is 19.3 Å². The quantitative estimate of drug-likeness (QED) is 0.150. The van der Waals surface area contributed by atoms with Gasteiger partial charge in [-0.3, -0.25) is 4.55 Å². The number of piperidine rings is 1. The van der Waals surface area contributed by atoms with Gasteiger partial charge >= 0.3 is 0 Å². The summed E-state index contributed by atoms with van der Waals surface area (Å²) >= 11 is -2.86. The monoisotopic (exact) mass is 620 g/mol. The van der Waals surface area contributed by atoms with Crippen LogP contribution in [0.15, 0.2) is 54.9 Å².